The molecule has 0 unspecified atom stereocenters. The zero-order valence-corrected chi connectivity index (χ0v) is 18.0. The topological polar surface area (TPSA) is 108 Å². The monoisotopic (exact) mass is 441 g/mol. The first-order valence-electron chi connectivity index (χ1n) is 10.4. The van der Waals surface area contributed by atoms with Crippen molar-refractivity contribution in [1.29, 1.82) is 5.26 Å². The standard InChI is InChI=1S/C26H23N3O4/c1-18(33-26(32)21-12-14-22(15-13-21)28-23(30)16-17-27)25(31)29-24(19-8-4-2-5-9-19)20-10-6-3-7-11-20/h2-15,18,24H,16H2,1H3,(H,28,30)(H,29,31)/t18-/m1/s1. The smallest absolute Gasteiger partial charge is 0.338 e. The lowest BCUT2D eigenvalue weighted by Crippen LogP contribution is -2.38. The molecule has 0 spiro atoms. The van der Waals surface area contributed by atoms with Crippen LogP contribution in [-0.2, 0) is 14.3 Å². The Labute approximate surface area is 192 Å². The van der Waals surface area contributed by atoms with Crippen LogP contribution in [0.4, 0.5) is 5.69 Å². The van der Waals surface area contributed by atoms with Gasteiger partial charge >= 0.3 is 5.97 Å². The number of amides is 2. The molecule has 0 saturated heterocycles. The Balaban J connectivity index is 1.65. The molecule has 7 heteroatoms. The Bertz CT molecular complexity index is 1100. The molecule has 3 aromatic carbocycles. The van der Waals surface area contributed by atoms with Gasteiger partial charge in [0.25, 0.3) is 5.91 Å². The fraction of sp³-hybridized carbons (Fsp3) is 0.154. The highest BCUT2D eigenvalue weighted by molar-refractivity contribution is 5.94. The summed E-state index contributed by atoms with van der Waals surface area (Å²) in [4.78, 5) is 36.8. The second-order valence-corrected chi connectivity index (χ2v) is 7.27. The minimum absolute atomic E-state index is 0.232. The summed E-state index contributed by atoms with van der Waals surface area (Å²) in [5, 5.41) is 14.0. The number of hydrogen-bond donors (Lipinski definition) is 2. The Hall–Kier alpha value is -4.44. The van der Waals surface area contributed by atoms with Crippen molar-refractivity contribution in [3.8, 4) is 6.07 Å². The second-order valence-electron chi connectivity index (χ2n) is 7.27. The molecule has 1 atom stereocenters. The molecule has 0 bridgehead atoms. The molecule has 166 valence electrons. The lowest BCUT2D eigenvalue weighted by Gasteiger charge is -2.22. The number of carbonyl (C=O) groups is 3. The van der Waals surface area contributed by atoms with Gasteiger partial charge in [0.15, 0.2) is 6.10 Å². The average molecular weight is 441 g/mol. The molecule has 0 aliphatic carbocycles. The predicted molar refractivity (Wildman–Crippen MR) is 123 cm³/mol. The maximum Gasteiger partial charge on any atom is 0.338 e. The van der Waals surface area contributed by atoms with E-state index in [1.54, 1.807) is 6.07 Å². The molecular formula is C26H23N3O4. The molecule has 3 rings (SSSR count). The Morgan fingerprint density at radius 2 is 1.42 bits per heavy atom. The molecule has 0 saturated carbocycles. The quantitative estimate of drug-likeness (QED) is 0.514. The van der Waals surface area contributed by atoms with Gasteiger partial charge in [-0.05, 0) is 42.3 Å². The minimum Gasteiger partial charge on any atom is -0.449 e. The number of nitrogens with one attached hydrogen (secondary N) is 2. The van der Waals surface area contributed by atoms with Gasteiger partial charge in [0, 0.05) is 5.69 Å². The molecule has 0 fully saturated rings. The predicted octanol–water partition coefficient (Wildman–Crippen LogP) is 3.99. The van der Waals surface area contributed by atoms with E-state index in [2.05, 4.69) is 10.6 Å². The number of rotatable bonds is 8. The van der Waals surface area contributed by atoms with Gasteiger partial charge in [-0.3, -0.25) is 9.59 Å². The summed E-state index contributed by atoms with van der Waals surface area (Å²) in [5.74, 6) is -1.53. The third kappa shape index (κ3) is 6.52. The molecule has 3 aromatic rings. The van der Waals surface area contributed by atoms with Crippen molar-refractivity contribution in [2.45, 2.75) is 25.5 Å². The van der Waals surface area contributed by atoms with Crippen molar-refractivity contribution < 1.29 is 19.1 Å². The number of ether oxygens (including phenoxy) is 1. The van der Waals surface area contributed by atoms with Gasteiger partial charge in [0.05, 0.1) is 17.7 Å². The van der Waals surface area contributed by atoms with E-state index in [1.807, 2.05) is 60.7 Å². The van der Waals surface area contributed by atoms with Crippen LogP contribution in [0, 0.1) is 11.3 Å². The number of hydrogen-bond acceptors (Lipinski definition) is 5. The number of esters is 1. The van der Waals surface area contributed by atoms with Crippen LogP contribution in [0.25, 0.3) is 0 Å². The summed E-state index contributed by atoms with van der Waals surface area (Å²) >= 11 is 0. The molecule has 33 heavy (non-hydrogen) atoms. The van der Waals surface area contributed by atoms with Crippen LogP contribution in [0.15, 0.2) is 84.9 Å². The maximum absolute atomic E-state index is 12.8. The summed E-state index contributed by atoms with van der Waals surface area (Å²) in [5.41, 5.74) is 2.50. The zero-order chi connectivity index (χ0) is 23.6. The molecule has 0 aliphatic rings. The lowest BCUT2D eigenvalue weighted by atomic mass is 9.98. The summed E-state index contributed by atoms with van der Waals surface area (Å²) in [7, 11) is 0. The van der Waals surface area contributed by atoms with Crippen molar-refractivity contribution in [2.24, 2.45) is 0 Å². The summed E-state index contributed by atoms with van der Waals surface area (Å²) in [6.07, 6.45) is -1.29. The van der Waals surface area contributed by atoms with Crippen molar-refractivity contribution in [3.05, 3.63) is 102 Å². The minimum atomic E-state index is -1.03. The Kier molecular flexibility index (Phi) is 7.92. The third-order valence-corrected chi connectivity index (χ3v) is 4.85. The fourth-order valence-electron chi connectivity index (χ4n) is 3.16. The van der Waals surface area contributed by atoms with Gasteiger partial charge in [0.2, 0.25) is 5.91 Å². The largest absolute Gasteiger partial charge is 0.449 e. The van der Waals surface area contributed by atoms with Crippen molar-refractivity contribution in [3.63, 3.8) is 0 Å². The van der Waals surface area contributed by atoms with Gasteiger partial charge in [-0.1, -0.05) is 60.7 Å². The average Bonchev–Trinajstić information content (AvgIpc) is 2.84. The van der Waals surface area contributed by atoms with Gasteiger partial charge in [-0.25, -0.2) is 4.79 Å². The molecule has 0 aliphatic heterocycles. The van der Waals surface area contributed by atoms with Gasteiger partial charge in [-0.15, -0.1) is 0 Å². The molecule has 2 N–H and O–H groups in total. The molecular weight excluding hydrogens is 418 g/mol. The fourth-order valence-corrected chi connectivity index (χ4v) is 3.16. The second kappa shape index (κ2) is 11.3. The zero-order valence-electron chi connectivity index (χ0n) is 18.0. The first-order valence-corrected chi connectivity index (χ1v) is 10.4. The van der Waals surface area contributed by atoms with Gasteiger partial charge < -0.3 is 15.4 Å². The van der Waals surface area contributed by atoms with E-state index in [-0.39, 0.29) is 12.0 Å². The molecule has 2 amide bonds. The van der Waals surface area contributed by atoms with Crippen LogP contribution >= 0.6 is 0 Å². The van der Waals surface area contributed by atoms with E-state index in [1.165, 1.54) is 31.2 Å². The third-order valence-electron chi connectivity index (χ3n) is 4.85. The number of nitrogens with zero attached hydrogens (tertiary/aromatic N) is 1. The molecule has 7 nitrogen and oxygen atoms in total. The van der Waals surface area contributed by atoms with E-state index in [0.717, 1.165) is 11.1 Å². The van der Waals surface area contributed by atoms with Crippen LogP contribution in [0.1, 0.15) is 40.9 Å². The normalized spacial score (nSPS) is 11.2. The highest BCUT2D eigenvalue weighted by Crippen LogP contribution is 2.22. The number of carbonyl (C=O) groups excluding carboxylic acids is 3. The van der Waals surface area contributed by atoms with Crippen molar-refractivity contribution >= 4 is 23.5 Å². The first-order chi connectivity index (χ1) is 16.0. The van der Waals surface area contributed by atoms with Crippen LogP contribution in [0.5, 0.6) is 0 Å². The van der Waals surface area contributed by atoms with Gasteiger partial charge in [0.1, 0.15) is 6.42 Å². The summed E-state index contributed by atoms with van der Waals surface area (Å²) in [6, 6.07) is 26.4. The molecule has 0 radical (unpaired) electrons. The van der Waals surface area contributed by atoms with Crippen molar-refractivity contribution in [1.82, 2.24) is 5.32 Å². The van der Waals surface area contributed by atoms with E-state index in [9.17, 15) is 14.4 Å². The van der Waals surface area contributed by atoms with E-state index < -0.39 is 29.9 Å². The molecule has 0 heterocycles. The van der Waals surface area contributed by atoms with E-state index in [4.69, 9.17) is 10.00 Å². The Morgan fingerprint density at radius 3 is 1.94 bits per heavy atom. The molecule has 0 aromatic heterocycles. The van der Waals surface area contributed by atoms with E-state index >= 15 is 0 Å². The first kappa shape index (κ1) is 23.2. The SMILES string of the molecule is C[C@@H](OC(=O)c1ccc(NC(=O)CC#N)cc1)C(=O)NC(c1ccccc1)c1ccccc1. The lowest BCUT2D eigenvalue weighted by molar-refractivity contribution is -0.129. The highest BCUT2D eigenvalue weighted by atomic mass is 16.5. The van der Waals surface area contributed by atoms with Crippen LogP contribution in [0.2, 0.25) is 0 Å². The van der Waals surface area contributed by atoms with Crippen LogP contribution in [-0.4, -0.2) is 23.9 Å². The number of benzene rings is 3. The van der Waals surface area contributed by atoms with Crippen molar-refractivity contribution in [2.75, 3.05) is 5.32 Å². The van der Waals surface area contributed by atoms with E-state index in [0.29, 0.717) is 5.69 Å². The maximum atomic E-state index is 12.8. The van der Waals surface area contributed by atoms with Gasteiger partial charge in [-0.2, -0.15) is 5.26 Å². The van der Waals surface area contributed by atoms with Crippen LogP contribution in [0.3, 0.4) is 0 Å². The number of anilines is 1. The highest BCUT2D eigenvalue weighted by Gasteiger charge is 2.23. The Morgan fingerprint density at radius 1 is 0.879 bits per heavy atom. The number of nitriles is 1. The van der Waals surface area contributed by atoms with Crippen LogP contribution < -0.4 is 10.6 Å². The summed E-state index contributed by atoms with van der Waals surface area (Å²) in [6.45, 7) is 1.51. The summed E-state index contributed by atoms with van der Waals surface area (Å²) < 4.78 is 5.35.